The van der Waals surface area contributed by atoms with Crippen LogP contribution >= 0.6 is 11.6 Å². The number of aromatic nitrogens is 2. The molecule has 11 heteroatoms. The van der Waals surface area contributed by atoms with E-state index in [-0.39, 0.29) is 36.1 Å². The average Bonchev–Trinajstić information content (AvgIpc) is 2.99. The molecule has 1 aliphatic rings. The molecule has 1 aromatic heterocycles. The van der Waals surface area contributed by atoms with Crippen LogP contribution in [-0.2, 0) is 28.9 Å². The second-order valence-corrected chi connectivity index (χ2v) is 10.1. The summed E-state index contributed by atoms with van der Waals surface area (Å²) < 4.78 is 30.7. The van der Waals surface area contributed by atoms with Gasteiger partial charge in [0.25, 0.3) is 0 Å². The number of carbonyl (C=O) groups is 1. The zero-order chi connectivity index (χ0) is 23.0. The summed E-state index contributed by atoms with van der Waals surface area (Å²) in [5, 5.41) is 3.24. The third kappa shape index (κ3) is 4.18. The molecule has 0 saturated carbocycles. The molecular formula is C21H24ClN5O4S. The van der Waals surface area contributed by atoms with Gasteiger partial charge in [-0.3, -0.25) is 18.8 Å². The molecule has 4 rings (SSSR count). The highest BCUT2D eigenvalue weighted by Gasteiger charge is 2.29. The van der Waals surface area contributed by atoms with Crippen molar-refractivity contribution in [1.29, 1.82) is 0 Å². The highest BCUT2D eigenvalue weighted by atomic mass is 35.5. The zero-order valence-electron chi connectivity index (χ0n) is 17.8. The topological polar surface area (TPSA) is 96.7 Å². The molecule has 1 N–H and O–H groups in total. The molecule has 0 unspecified atom stereocenters. The number of fused-ring (bicyclic) bond motifs is 1. The van der Waals surface area contributed by atoms with Gasteiger partial charge in [-0.25, -0.2) is 13.2 Å². The fraction of sp³-hybridized carbons (Fsp3) is 0.333. The van der Waals surface area contributed by atoms with Crippen molar-refractivity contribution < 1.29 is 13.2 Å². The first-order valence-electron chi connectivity index (χ1n) is 10.1. The van der Waals surface area contributed by atoms with Gasteiger partial charge in [0.1, 0.15) is 0 Å². The second-order valence-electron chi connectivity index (χ2n) is 7.76. The molecular weight excluding hydrogens is 454 g/mol. The first-order chi connectivity index (χ1) is 15.2. The first kappa shape index (κ1) is 22.5. The lowest BCUT2D eigenvalue weighted by molar-refractivity contribution is -0.117. The molecule has 3 aromatic rings. The molecule has 0 atom stereocenters. The summed E-state index contributed by atoms with van der Waals surface area (Å²) >= 11 is 6.07. The van der Waals surface area contributed by atoms with E-state index in [0.717, 1.165) is 0 Å². The molecule has 32 heavy (non-hydrogen) atoms. The molecule has 0 spiro atoms. The van der Waals surface area contributed by atoms with Gasteiger partial charge >= 0.3 is 5.69 Å². The lowest BCUT2D eigenvalue weighted by Gasteiger charge is -2.33. The largest absolute Gasteiger partial charge is 0.328 e. The summed E-state index contributed by atoms with van der Waals surface area (Å²) in [6, 6.07) is 11.7. The molecule has 0 aliphatic carbocycles. The maximum absolute atomic E-state index is 13.2. The quantitative estimate of drug-likeness (QED) is 0.600. The van der Waals surface area contributed by atoms with Crippen LogP contribution in [0, 0.1) is 0 Å². The number of hydrogen-bond acceptors (Lipinski definition) is 5. The number of nitrogens with zero attached hydrogens (tertiary/aromatic N) is 4. The maximum atomic E-state index is 13.2. The summed E-state index contributed by atoms with van der Waals surface area (Å²) in [6.45, 7) is 1.56. The first-order valence-corrected chi connectivity index (χ1v) is 11.9. The smallest absolute Gasteiger partial charge is 0.324 e. The van der Waals surface area contributed by atoms with Gasteiger partial charge in [-0.1, -0.05) is 23.7 Å². The lowest BCUT2D eigenvalue weighted by Crippen LogP contribution is -2.50. The Bertz CT molecular complexity index is 1340. The highest BCUT2D eigenvalue weighted by Crippen LogP contribution is 2.23. The second kappa shape index (κ2) is 8.70. The maximum Gasteiger partial charge on any atom is 0.328 e. The predicted molar refractivity (Wildman–Crippen MR) is 123 cm³/mol. The van der Waals surface area contributed by atoms with Gasteiger partial charge in [-0.2, -0.15) is 4.31 Å². The third-order valence-electron chi connectivity index (χ3n) is 5.73. The van der Waals surface area contributed by atoms with Gasteiger partial charge in [0.15, 0.2) is 0 Å². The van der Waals surface area contributed by atoms with Crippen LogP contribution in [0.25, 0.3) is 11.0 Å². The van der Waals surface area contributed by atoms with Crippen LogP contribution in [0.4, 0.5) is 5.69 Å². The Balaban J connectivity index is 1.42. The monoisotopic (exact) mass is 477 g/mol. The van der Waals surface area contributed by atoms with Crippen molar-refractivity contribution in [2.24, 2.45) is 14.1 Å². The Morgan fingerprint density at radius 1 is 1.00 bits per heavy atom. The molecule has 2 aromatic carbocycles. The zero-order valence-corrected chi connectivity index (χ0v) is 19.4. The Kier molecular flexibility index (Phi) is 6.13. The van der Waals surface area contributed by atoms with E-state index in [1.807, 2.05) is 4.90 Å². The van der Waals surface area contributed by atoms with Crippen LogP contribution in [0.15, 0.2) is 52.2 Å². The Hall–Kier alpha value is -2.66. The average molecular weight is 478 g/mol. The van der Waals surface area contributed by atoms with E-state index < -0.39 is 10.0 Å². The number of carbonyl (C=O) groups excluding carboxylic acids is 1. The molecule has 2 heterocycles. The van der Waals surface area contributed by atoms with E-state index in [0.29, 0.717) is 34.8 Å². The summed E-state index contributed by atoms with van der Waals surface area (Å²) in [4.78, 5) is 26.5. The van der Waals surface area contributed by atoms with Crippen LogP contribution < -0.4 is 11.0 Å². The van der Waals surface area contributed by atoms with Crippen LogP contribution in [0.5, 0.6) is 0 Å². The van der Waals surface area contributed by atoms with E-state index in [2.05, 4.69) is 5.32 Å². The number of imidazole rings is 1. The van der Waals surface area contributed by atoms with Crippen LogP contribution in [0.1, 0.15) is 0 Å². The van der Waals surface area contributed by atoms with Crippen molar-refractivity contribution in [3.8, 4) is 0 Å². The van der Waals surface area contributed by atoms with E-state index in [9.17, 15) is 18.0 Å². The molecule has 1 fully saturated rings. The number of halogens is 1. The summed E-state index contributed by atoms with van der Waals surface area (Å²) in [7, 11) is -0.445. The molecule has 170 valence electrons. The van der Waals surface area contributed by atoms with Crippen molar-refractivity contribution in [1.82, 2.24) is 18.3 Å². The number of anilines is 1. The van der Waals surface area contributed by atoms with Gasteiger partial charge < -0.3 is 5.32 Å². The molecule has 1 amide bonds. The van der Waals surface area contributed by atoms with Crippen LogP contribution in [0.3, 0.4) is 0 Å². The Labute approximate surface area is 190 Å². The van der Waals surface area contributed by atoms with Crippen LogP contribution in [-0.4, -0.2) is 65.4 Å². The molecule has 0 radical (unpaired) electrons. The van der Waals surface area contributed by atoms with E-state index in [1.54, 1.807) is 44.4 Å². The van der Waals surface area contributed by atoms with Crippen molar-refractivity contribution in [2.75, 3.05) is 38.0 Å². The summed E-state index contributed by atoms with van der Waals surface area (Å²) in [5.41, 5.74) is 1.57. The van der Waals surface area contributed by atoms with E-state index >= 15 is 0 Å². The number of para-hydroxylation sites is 1. The minimum Gasteiger partial charge on any atom is -0.324 e. The number of nitrogens with one attached hydrogen (secondary N) is 1. The number of hydrogen-bond donors (Lipinski definition) is 1. The van der Waals surface area contributed by atoms with Crippen molar-refractivity contribution >= 4 is 44.3 Å². The SMILES string of the molecule is Cn1c(=O)n(C)c2cc(S(=O)(=O)N3CCN(CC(=O)Nc4ccccc4Cl)CC3)ccc21. The van der Waals surface area contributed by atoms with Gasteiger partial charge in [0, 0.05) is 40.3 Å². The lowest BCUT2D eigenvalue weighted by atomic mass is 10.3. The van der Waals surface area contributed by atoms with Crippen LogP contribution in [0.2, 0.25) is 5.02 Å². The van der Waals surface area contributed by atoms with E-state index in [1.165, 1.54) is 25.6 Å². The Morgan fingerprint density at radius 2 is 1.66 bits per heavy atom. The summed E-state index contributed by atoms with van der Waals surface area (Å²) in [6.07, 6.45) is 0. The minimum atomic E-state index is -3.72. The summed E-state index contributed by atoms with van der Waals surface area (Å²) in [5.74, 6) is -0.204. The minimum absolute atomic E-state index is 0.149. The van der Waals surface area contributed by atoms with Crippen molar-refractivity contribution in [3.05, 3.63) is 58.0 Å². The molecule has 0 bridgehead atoms. The number of sulfonamides is 1. The Morgan fingerprint density at radius 3 is 2.34 bits per heavy atom. The number of rotatable bonds is 5. The number of amides is 1. The van der Waals surface area contributed by atoms with Gasteiger partial charge in [0.2, 0.25) is 15.9 Å². The van der Waals surface area contributed by atoms with Crippen molar-refractivity contribution in [3.63, 3.8) is 0 Å². The third-order valence-corrected chi connectivity index (χ3v) is 7.95. The predicted octanol–water partition coefficient (Wildman–Crippen LogP) is 1.48. The number of benzene rings is 2. The fourth-order valence-corrected chi connectivity index (χ4v) is 5.51. The standard InChI is InChI=1S/C21H24ClN5O4S/c1-24-18-8-7-15(13-19(18)25(2)21(24)29)32(30,31)27-11-9-26(10-12-27)14-20(28)23-17-6-4-3-5-16(17)22/h3-8,13H,9-12,14H2,1-2H3,(H,23,28). The van der Waals surface area contributed by atoms with Gasteiger partial charge in [-0.05, 0) is 30.3 Å². The van der Waals surface area contributed by atoms with E-state index in [4.69, 9.17) is 11.6 Å². The van der Waals surface area contributed by atoms with Gasteiger partial charge in [-0.15, -0.1) is 0 Å². The molecule has 1 saturated heterocycles. The normalized spacial score (nSPS) is 15.8. The van der Waals surface area contributed by atoms with Gasteiger partial charge in [0.05, 0.1) is 33.2 Å². The number of piperazine rings is 1. The molecule has 9 nitrogen and oxygen atoms in total. The highest BCUT2D eigenvalue weighted by molar-refractivity contribution is 7.89. The number of aryl methyl sites for hydroxylation is 2. The fourth-order valence-electron chi connectivity index (χ4n) is 3.88. The molecule has 1 aliphatic heterocycles. The van der Waals surface area contributed by atoms with Crippen molar-refractivity contribution in [2.45, 2.75) is 4.90 Å².